The second kappa shape index (κ2) is 20.6. The molecule has 0 bridgehead atoms. The minimum Gasteiger partial charge on any atom is -0.463 e. The molecule has 1 aliphatic rings. The molecule has 0 aromatic heterocycles. The maximum atomic E-state index is 12.4. The van der Waals surface area contributed by atoms with Gasteiger partial charge in [0, 0.05) is 62.3 Å². The fraction of sp³-hybridized carbons (Fsp3) is 0.700. The minimum atomic E-state index is -1.97. The lowest BCUT2D eigenvalue weighted by atomic mass is 9.97. The summed E-state index contributed by atoms with van der Waals surface area (Å²) in [5.41, 5.74) is 0. The second-order valence-electron chi connectivity index (χ2n) is 10.6. The Balaban J connectivity index is 4.07. The highest BCUT2D eigenvalue weighted by molar-refractivity contribution is 5.70. The molecule has 50 heavy (non-hydrogen) atoms. The number of carbonyl (C=O) groups is 9. The summed E-state index contributed by atoms with van der Waals surface area (Å²) in [7, 11) is 0. The monoisotopic (exact) mass is 722 g/mol. The van der Waals surface area contributed by atoms with E-state index in [0.29, 0.717) is 0 Å². The van der Waals surface area contributed by atoms with Crippen LogP contribution in [0.25, 0.3) is 0 Å². The van der Waals surface area contributed by atoms with Crippen LogP contribution in [-0.4, -0.2) is 129 Å². The van der Waals surface area contributed by atoms with Gasteiger partial charge in [-0.15, -0.1) is 0 Å². The van der Waals surface area contributed by atoms with E-state index in [1.165, 1.54) is 0 Å². The van der Waals surface area contributed by atoms with Crippen molar-refractivity contribution in [2.45, 2.75) is 117 Å². The van der Waals surface area contributed by atoms with Crippen molar-refractivity contribution >= 4 is 53.7 Å². The third-order valence-corrected chi connectivity index (χ3v) is 6.13. The van der Waals surface area contributed by atoms with Crippen LogP contribution in [-0.2, 0) is 95.3 Å². The van der Waals surface area contributed by atoms with Gasteiger partial charge < -0.3 is 52.1 Å². The first kappa shape index (κ1) is 43.2. The third-order valence-electron chi connectivity index (χ3n) is 6.13. The van der Waals surface area contributed by atoms with Gasteiger partial charge in [-0.25, -0.2) is 0 Å². The minimum absolute atomic E-state index is 0.654. The van der Waals surface area contributed by atoms with Crippen LogP contribution in [0.4, 0.5) is 0 Å². The van der Waals surface area contributed by atoms with Gasteiger partial charge in [0.25, 0.3) is 0 Å². The Bertz CT molecular complexity index is 1260. The van der Waals surface area contributed by atoms with Crippen LogP contribution in [0.1, 0.15) is 62.3 Å². The quantitative estimate of drug-likeness (QED) is 0.134. The molecule has 1 saturated heterocycles. The number of hydrogen-bond acceptors (Lipinski definition) is 20. The molecule has 20 nitrogen and oxygen atoms in total. The number of ether oxygens (including phenoxy) is 11. The molecule has 9 atom stereocenters. The maximum Gasteiger partial charge on any atom is 0.303 e. The summed E-state index contributed by atoms with van der Waals surface area (Å²) in [5.74, 6) is -8.38. The zero-order valence-corrected chi connectivity index (χ0v) is 29.0. The highest BCUT2D eigenvalue weighted by atomic mass is 16.8. The molecule has 0 aliphatic carbocycles. The molecular weight excluding hydrogens is 680 g/mol. The summed E-state index contributed by atoms with van der Waals surface area (Å²) >= 11 is 0. The fourth-order valence-electron chi connectivity index (χ4n) is 4.59. The average molecular weight is 723 g/mol. The molecule has 9 unspecified atom stereocenters. The molecule has 0 spiro atoms. The smallest absolute Gasteiger partial charge is 0.303 e. The van der Waals surface area contributed by atoms with Gasteiger partial charge >= 0.3 is 53.7 Å². The Morgan fingerprint density at radius 1 is 0.460 bits per heavy atom. The predicted octanol–water partition coefficient (Wildman–Crippen LogP) is -0.624. The summed E-state index contributed by atoms with van der Waals surface area (Å²) in [6.45, 7) is 6.74. The summed E-state index contributed by atoms with van der Waals surface area (Å²) in [6, 6.07) is 0. The van der Waals surface area contributed by atoms with E-state index < -0.39 is 129 Å². The zero-order chi connectivity index (χ0) is 38.3. The molecule has 1 aliphatic heterocycles. The van der Waals surface area contributed by atoms with Crippen LogP contribution in [0, 0.1) is 0 Å². The Morgan fingerprint density at radius 3 is 1.26 bits per heavy atom. The van der Waals surface area contributed by atoms with Crippen molar-refractivity contribution in [3.8, 4) is 0 Å². The number of esters is 9. The molecule has 0 aromatic rings. The van der Waals surface area contributed by atoms with E-state index >= 15 is 0 Å². The first-order valence-corrected chi connectivity index (χ1v) is 15.0. The van der Waals surface area contributed by atoms with E-state index in [2.05, 4.69) is 0 Å². The fourth-order valence-corrected chi connectivity index (χ4v) is 4.59. The highest BCUT2D eigenvalue weighted by Crippen LogP contribution is 2.33. The largest absolute Gasteiger partial charge is 0.463 e. The van der Waals surface area contributed by atoms with Gasteiger partial charge in [0.1, 0.15) is 32.0 Å². The average Bonchev–Trinajstić information content (AvgIpc) is 2.95. The molecule has 282 valence electrons. The zero-order valence-electron chi connectivity index (χ0n) is 29.0. The standard InChI is InChI=1S/C30H42O20/c1-13(31)40-10-22(43-16(4)34)25(45-18(6)36)26(23(44-17(5)35)11-41-14(2)32)50-30-29(48-21(9)39)28(47-20(8)38)27(46-19(7)37)24(49-30)12-42-15(3)33/h22-30H,10-12H2,1-9H3. The van der Waals surface area contributed by atoms with Crippen molar-refractivity contribution in [2.75, 3.05) is 19.8 Å². The molecule has 0 amide bonds. The Morgan fingerprint density at radius 2 is 0.860 bits per heavy atom. The molecule has 0 saturated carbocycles. The SMILES string of the molecule is CC(=O)OCC(OC(C)=O)C(OC(C)=O)C(OC1OC(COC(C)=O)C(OC(C)=O)C(OC(C)=O)C1OC(C)=O)C(COC(C)=O)OC(C)=O. The summed E-state index contributed by atoms with van der Waals surface area (Å²) < 4.78 is 59.5. The molecule has 20 heteroatoms. The number of rotatable bonds is 17. The maximum absolute atomic E-state index is 12.4. The van der Waals surface area contributed by atoms with E-state index in [1.54, 1.807) is 0 Å². The van der Waals surface area contributed by atoms with E-state index in [-0.39, 0.29) is 0 Å². The Kier molecular flexibility index (Phi) is 17.8. The third kappa shape index (κ3) is 15.6. The van der Waals surface area contributed by atoms with Gasteiger partial charge in [0.15, 0.2) is 42.9 Å². The van der Waals surface area contributed by atoms with Crippen LogP contribution in [0.2, 0.25) is 0 Å². The lowest BCUT2D eigenvalue weighted by Crippen LogP contribution is -2.65. The highest BCUT2D eigenvalue weighted by Gasteiger charge is 2.55. The lowest BCUT2D eigenvalue weighted by molar-refractivity contribution is -0.331. The van der Waals surface area contributed by atoms with Crippen molar-refractivity contribution in [3.63, 3.8) is 0 Å². The first-order valence-electron chi connectivity index (χ1n) is 15.0. The molecular formula is C30H42O20. The van der Waals surface area contributed by atoms with Gasteiger partial charge in [-0.1, -0.05) is 0 Å². The normalized spacial score (nSPS) is 22.1. The van der Waals surface area contributed by atoms with Gasteiger partial charge in [-0.05, 0) is 0 Å². The van der Waals surface area contributed by atoms with Crippen LogP contribution in [0.15, 0.2) is 0 Å². The van der Waals surface area contributed by atoms with E-state index in [1.807, 2.05) is 0 Å². The second-order valence-corrected chi connectivity index (χ2v) is 10.6. The Hall–Kier alpha value is -4.85. The van der Waals surface area contributed by atoms with Gasteiger partial charge in [0.2, 0.25) is 0 Å². The van der Waals surface area contributed by atoms with Crippen molar-refractivity contribution in [1.82, 2.24) is 0 Å². The predicted molar refractivity (Wildman–Crippen MR) is 157 cm³/mol. The van der Waals surface area contributed by atoms with Gasteiger partial charge in [0.05, 0.1) is 0 Å². The Labute approximate surface area is 286 Å². The summed E-state index contributed by atoms with van der Waals surface area (Å²) in [6.07, 6.45) is -15.9. The molecule has 1 rings (SSSR count). The lowest BCUT2D eigenvalue weighted by Gasteiger charge is -2.46. The van der Waals surface area contributed by atoms with Crippen molar-refractivity contribution in [3.05, 3.63) is 0 Å². The number of hydrogen-bond donors (Lipinski definition) is 0. The topological polar surface area (TPSA) is 255 Å². The van der Waals surface area contributed by atoms with E-state index in [4.69, 9.17) is 52.1 Å². The van der Waals surface area contributed by atoms with Crippen LogP contribution in [0.5, 0.6) is 0 Å². The number of carbonyl (C=O) groups excluding carboxylic acids is 9. The van der Waals surface area contributed by atoms with Gasteiger partial charge in [-0.3, -0.25) is 43.2 Å². The molecule has 1 fully saturated rings. The van der Waals surface area contributed by atoms with Crippen LogP contribution < -0.4 is 0 Å². The molecule has 0 radical (unpaired) electrons. The first-order chi connectivity index (χ1) is 23.2. The van der Waals surface area contributed by atoms with Crippen LogP contribution >= 0.6 is 0 Å². The van der Waals surface area contributed by atoms with E-state index in [9.17, 15) is 43.2 Å². The molecule has 0 N–H and O–H groups in total. The molecule has 1 heterocycles. The van der Waals surface area contributed by atoms with E-state index in [0.717, 1.165) is 62.3 Å². The van der Waals surface area contributed by atoms with Crippen molar-refractivity contribution < 1.29 is 95.3 Å². The molecule has 0 aromatic carbocycles. The van der Waals surface area contributed by atoms with Crippen molar-refractivity contribution in [2.24, 2.45) is 0 Å². The van der Waals surface area contributed by atoms with Crippen LogP contribution in [0.3, 0.4) is 0 Å². The van der Waals surface area contributed by atoms with Gasteiger partial charge in [-0.2, -0.15) is 0 Å². The van der Waals surface area contributed by atoms with Crippen molar-refractivity contribution in [1.29, 1.82) is 0 Å². The summed E-state index contributed by atoms with van der Waals surface area (Å²) in [4.78, 5) is 109. The summed E-state index contributed by atoms with van der Waals surface area (Å²) in [5, 5.41) is 0.